The van der Waals surface area contributed by atoms with Gasteiger partial charge in [-0.1, -0.05) is 41.4 Å². The lowest BCUT2D eigenvalue weighted by Gasteiger charge is -2.14. The Bertz CT molecular complexity index is 1480. The van der Waals surface area contributed by atoms with E-state index in [1.807, 2.05) is 19.1 Å². The van der Waals surface area contributed by atoms with Crippen LogP contribution < -0.4 is 20.1 Å². The van der Waals surface area contributed by atoms with E-state index in [1.165, 1.54) is 31.4 Å². The monoisotopic (exact) mass is 549 g/mol. The zero-order valence-electron chi connectivity index (χ0n) is 21.0. The quantitative estimate of drug-likeness (QED) is 0.265. The molecule has 3 aromatic carbocycles. The number of benzene rings is 3. The van der Waals surface area contributed by atoms with Crippen molar-refractivity contribution in [1.29, 1.82) is 0 Å². The molecule has 0 spiro atoms. The summed E-state index contributed by atoms with van der Waals surface area (Å²) in [4.78, 5) is 49.7. The van der Waals surface area contributed by atoms with Crippen LogP contribution in [-0.4, -0.2) is 47.5 Å². The summed E-state index contributed by atoms with van der Waals surface area (Å²) in [5.74, 6) is -1.77. The van der Waals surface area contributed by atoms with Gasteiger partial charge in [0.05, 0.1) is 17.7 Å². The zero-order valence-corrected chi connectivity index (χ0v) is 21.7. The van der Waals surface area contributed by atoms with Crippen LogP contribution >= 0.6 is 11.6 Å². The van der Waals surface area contributed by atoms with Crippen LogP contribution in [0.25, 0.3) is 6.08 Å². The van der Waals surface area contributed by atoms with Crippen molar-refractivity contribution >= 4 is 47.2 Å². The molecule has 3 aromatic rings. The Morgan fingerprint density at radius 2 is 1.85 bits per heavy atom. The topological polar surface area (TPSA) is 134 Å². The van der Waals surface area contributed by atoms with Crippen LogP contribution in [0.4, 0.5) is 10.5 Å². The number of hydrogen-bond donors (Lipinski definition) is 3. The predicted molar refractivity (Wildman–Crippen MR) is 144 cm³/mol. The number of imide groups is 1. The largest absolute Gasteiger partial charge is 0.493 e. The number of hydrogen-bond acceptors (Lipinski definition) is 6. The second-order valence-electron chi connectivity index (χ2n) is 8.62. The third-order valence-corrected chi connectivity index (χ3v) is 6.00. The van der Waals surface area contributed by atoms with E-state index in [-0.39, 0.29) is 34.4 Å². The molecule has 1 fully saturated rings. The van der Waals surface area contributed by atoms with Crippen molar-refractivity contribution in [2.75, 3.05) is 19.0 Å². The molecule has 10 nitrogen and oxygen atoms in total. The number of aromatic carboxylic acids is 1. The van der Waals surface area contributed by atoms with Crippen LogP contribution in [0.5, 0.6) is 11.5 Å². The number of carboxylic acid groups (broad SMARTS) is 1. The Kier molecular flexibility index (Phi) is 8.16. The molecular formula is C28H24ClN3O7. The highest BCUT2D eigenvalue weighted by molar-refractivity contribution is 6.32. The predicted octanol–water partition coefficient (Wildman–Crippen LogP) is 4.47. The third-order valence-electron chi connectivity index (χ3n) is 5.72. The molecule has 4 rings (SSSR count). The van der Waals surface area contributed by atoms with Gasteiger partial charge in [0.25, 0.3) is 5.91 Å². The van der Waals surface area contributed by atoms with Crippen molar-refractivity contribution in [3.05, 3.63) is 93.6 Å². The Labute approximate surface area is 228 Å². The first-order valence-corrected chi connectivity index (χ1v) is 12.1. The fourth-order valence-electron chi connectivity index (χ4n) is 3.78. The van der Waals surface area contributed by atoms with Crippen molar-refractivity contribution in [3.8, 4) is 11.5 Å². The van der Waals surface area contributed by atoms with Gasteiger partial charge in [0.2, 0.25) is 5.91 Å². The highest BCUT2D eigenvalue weighted by atomic mass is 35.5. The van der Waals surface area contributed by atoms with Crippen LogP contribution in [0, 0.1) is 6.92 Å². The van der Waals surface area contributed by atoms with Crippen molar-refractivity contribution < 1.29 is 33.8 Å². The van der Waals surface area contributed by atoms with Gasteiger partial charge in [-0.05, 0) is 60.5 Å². The first-order valence-electron chi connectivity index (χ1n) is 11.7. The highest BCUT2D eigenvalue weighted by Gasteiger charge is 2.35. The lowest BCUT2D eigenvalue weighted by Crippen LogP contribution is -2.38. The number of anilines is 1. The molecular weight excluding hydrogens is 526 g/mol. The summed E-state index contributed by atoms with van der Waals surface area (Å²) in [5, 5.41) is 14.5. The van der Waals surface area contributed by atoms with Gasteiger partial charge in [0.1, 0.15) is 18.8 Å². The van der Waals surface area contributed by atoms with E-state index >= 15 is 0 Å². The average Bonchev–Trinajstić information content (AvgIpc) is 3.16. The summed E-state index contributed by atoms with van der Waals surface area (Å²) >= 11 is 6.43. The molecule has 0 aliphatic carbocycles. The molecule has 0 radical (unpaired) electrons. The van der Waals surface area contributed by atoms with Gasteiger partial charge >= 0.3 is 12.0 Å². The first-order chi connectivity index (χ1) is 18.6. The molecule has 0 saturated carbocycles. The van der Waals surface area contributed by atoms with Gasteiger partial charge in [-0.2, -0.15) is 0 Å². The van der Waals surface area contributed by atoms with E-state index < -0.39 is 30.4 Å². The van der Waals surface area contributed by atoms with E-state index in [2.05, 4.69) is 10.6 Å². The standard InChI is InChI=1S/C28H24ClN3O7/c1-16-6-8-20(9-7-16)30-24(33)14-32-26(34)22(31-28(32)37)12-18-11-21(29)25(23(13-18)38-2)39-15-17-4-3-5-19(10-17)27(35)36/h3-13H,14-15H2,1-2H3,(H,30,33)(H,31,37)(H,35,36). The van der Waals surface area contributed by atoms with Gasteiger partial charge in [0.15, 0.2) is 11.5 Å². The third kappa shape index (κ3) is 6.55. The number of amides is 4. The second kappa shape index (κ2) is 11.7. The fourth-order valence-corrected chi connectivity index (χ4v) is 4.05. The van der Waals surface area contributed by atoms with E-state index in [0.29, 0.717) is 16.8 Å². The number of carbonyl (C=O) groups is 4. The number of ether oxygens (including phenoxy) is 2. The van der Waals surface area contributed by atoms with Gasteiger partial charge in [-0.25, -0.2) is 14.5 Å². The molecule has 200 valence electrons. The molecule has 1 saturated heterocycles. The van der Waals surface area contributed by atoms with E-state index in [0.717, 1.165) is 10.5 Å². The summed E-state index contributed by atoms with van der Waals surface area (Å²) in [6.45, 7) is 1.49. The zero-order chi connectivity index (χ0) is 28.1. The van der Waals surface area contributed by atoms with Crippen LogP contribution in [0.2, 0.25) is 5.02 Å². The fraction of sp³-hybridized carbons (Fsp3) is 0.143. The number of aryl methyl sites for hydroxylation is 1. The molecule has 11 heteroatoms. The summed E-state index contributed by atoms with van der Waals surface area (Å²) in [6, 6.07) is 15.8. The number of halogens is 1. The Hall–Kier alpha value is -4.83. The number of urea groups is 1. The van der Waals surface area contributed by atoms with Crippen LogP contribution in [0.1, 0.15) is 27.0 Å². The SMILES string of the molecule is COc1cc(C=C2NC(=O)N(CC(=O)Nc3ccc(C)cc3)C2=O)cc(Cl)c1OCc1cccc(C(=O)O)c1. The number of rotatable bonds is 9. The van der Waals surface area contributed by atoms with Crippen molar-refractivity contribution in [2.24, 2.45) is 0 Å². The van der Waals surface area contributed by atoms with Gasteiger partial charge in [0, 0.05) is 5.69 Å². The first kappa shape index (κ1) is 27.2. The van der Waals surface area contributed by atoms with Crippen molar-refractivity contribution in [3.63, 3.8) is 0 Å². The van der Waals surface area contributed by atoms with Crippen LogP contribution in [0.15, 0.2) is 66.4 Å². The summed E-state index contributed by atoms with van der Waals surface area (Å²) in [7, 11) is 1.41. The Balaban J connectivity index is 1.46. The van der Waals surface area contributed by atoms with Crippen molar-refractivity contribution in [1.82, 2.24) is 10.2 Å². The molecule has 0 unspecified atom stereocenters. The van der Waals surface area contributed by atoms with Gasteiger partial charge in [-0.15, -0.1) is 0 Å². The second-order valence-corrected chi connectivity index (χ2v) is 9.03. The maximum Gasteiger partial charge on any atom is 0.335 e. The molecule has 4 amide bonds. The summed E-state index contributed by atoms with van der Waals surface area (Å²) < 4.78 is 11.2. The molecule has 0 bridgehead atoms. The molecule has 39 heavy (non-hydrogen) atoms. The summed E-state index contributed by atoms with van der Waals surface area (Å²) in [5.41, 5.74) is 2.71. The Morgan fingerprint density at radius 3 is 2.54 bits per heavy atom. The van der Waals surface area contributed by atoms with Gasteiger partial charge < -0.3 is 25.2 Å². The smallest absolute Gasteiger partial charge is 0.335 e. The minimum absolute atomic E-state index is 0.0335. The summed E-state index contributed by atoms with van der Waals surface area (Å²) in [6.07, 6.45) is 1.41. The van der Waals surface area contributed by atoms with Crippen molar-refractivity contribution in [2.45, 2.75) is 13.5 Å². The van der Waals surface area contributed by atoms with E-state index in [9.17, 15) is 24.3 Å². The average molecular weight is 550 g/mol. The number of carboxylic acids is 1. The maximum atomic E-state index is 12.9. The normalized spacial score (nSPS) is 13.8. The molecule has 0 aromatic heterocycles. The minimum Gasteiger partial charge on any atom is -0.493 e. The number of carbonyl (C=O) groups excluding carboxylic acids is 3. The van der Waals surface area contributed by atoms with Crippen LogP contribution in [-0.2, 0) is 16.2 Å². The highest BCUT2D eigenvalue weighted by Crippen LogP contribution is 2.37. The number of nitrogens with zero attached hydrogens (tertiary/aromatic N) is 1. The van der Waals surface area contributed by atoms with Gasteiger partial charge in [-0.3, -0.25) is 9.59 Å². The van der Waals surface area contributed by atoms with Crippen LogP contribution in [0.3, 0.4) is 0 Å². The maximum absolute atomic E-state index is 12.9. The molecule has 1 heterocycles. The van der Waals surface area contributed by atoms with E-state index in [1.54, 1.807) is 30.3 Å². The Morgan fingerprint density at radius 1 is 1.10 bits per heavy atom. The number of nitrogens with one attached hydrogen (secondary N) is 2. The molecule has 3 N–H and O–H groups in total. The molecule has 1 aliphatic heterocycles. The molecule has 1 aliphatic rings. The lowest BCUT2D eigenvalue weighted by molar-refractivity contribution is -0.127. The van der Waals surface area contributed by atoms with E-state index in [4.69, 9.17) is 21.1 Å². The lowest BCUT2D eigenvalue weighted by atomic mass is 10.1. The molecule has 0 atom stereocenters. The number of methoxy groups -OCH3 is 1. The minimum atomic E-state index is -1.05.